The molecule has 0 bridgehead atoms. The molecule has 15 heavy (non-hydrogen) atoms. The highest BCUT2D eigenvalue weighted by Crippen LogP contribution is 2.42. The highest BCUT2D eigenvalue weighted by Gasteiger charge is 2.39. The average molecular weight is 243 g/mol. The number of aromatic nitrogens is 1. The number of halogens is 2. The lowest BCUT2D eigenvalue weighted by molar-refractivity contribution is 0.243. The standard InChI is InChI=1S/C11H12Cl2N2/c12-10-3-9(4-14-11(10)13)15-5-7-1-2-8(7)6-15/h3-4,7-8H,1-2,5-6H2/t7-,8+. The van der Waals surface area contributed by atoms with Crippen LogP contribution in [0.25, 0.3) is 0 Å². The maximum atomic E-state index is 5.96. The Balaban J connectivity index is 1.84. The van der Waals surface area contributed by atoms with Crippen LogP contribution in [0.3, 0.4) is 0 Å². The van der Waals surface area contributed by atoms with Crippen molar-refractivity contribution in [2.45, 2.75) is 12.8 Å². The van der Waals surface area contributed by atoms with Gasteiger partial charge in [-0.2, -0.15) is 0 Å². The Kier molecular flexibility index (Phi) is 2.29. The zero-order valence-corrected chi connectivity index (χ0v) is 9.80. The smallest absolute Gasteiger partial charge is 0.147 e. The van der Waals surface area contributed by atoms with Crippen molar-refractivity contribution in [2.75, 3.05) is 18.0 Å². The summed E-state index contributed by atoms with van der Waals surface area (Å²) in [6.07, 6.45) is 4.59. The fourth-order valence-electron chi connectivity index (χ4n) is 2.55. The van der Waals surface area contributed by atoms with Crippen LogP contribution in [0, 0.1) is 11.8 Å². The average Bonchev–Trinajstić information content (AvgIpc) is 2.48. The van der Waals surface area contributed by atoms with Gasteiger partial charge in [-0.1, -0.05) is 23.2 Å². The molecule has 0 aromatic carbocycles. The van der Waals surface area contributed by atoms with Gasteiger partial charge in [0.2, 0.25) is 0 Å². The van der Waals surface area contributed by atoms with Gasteiger partial charge in [0.15, 0.2) is 0 Å². The van der Waals surface area contributed by atoms with Crippen LogP contribution in [0.4, 0.5) is 5.69 Å². The third-order valence-electron chi connectivity index (χ3n) is 3.63. The molecule has 2 heterocycles. The van der Waals surface area contributed by atoms with Crippen LogP contribution in [0.1, 0.15) is 12.8 Å². The summed E-state index contributed by atoms with van der Waals surface area (Å²) in [6.45, 7) is 2.31. The van der Waals surface area contributed by atoms with Crippen molar-refractivity contribution in [2.24, 2.45) is 11.8 Å². The minimum atomic E-state index is 0.391. The summed E-state index contributed by atoms with van der Waals surface area (Å²) in [5, 5.41) is 0.941. The monoisotopic (exact) mass is 242 g/mol. The van der Waals surface area contributed by atoms with Gasteiger partial charge in [0.05, 0.1) is 16.9 Å². The lowest BCUT2D eigenvalue weighted by Crippen LogP contribution is -2.22. The Morgan fingerprint density at radius 2 is 1.87 bits per heavy atom. The second kappa shape index (κ2) is 3.53. The van der Waals surface area contributed by atoms with E-state index < -0.39 is 0 Å². The van der Waals surface area contributed by atoms with Gasteiger partial charge in [0, 0.05) is 13.1 Å². The van der Waals surface area contributed by atoms with Crippen LogP contribution in [-0.4, -0.2) is 18.1 Å². The topological polar surface area (TPSA) is 16.1 Å². The quantitative estimate of drug-likeness (QED) is 0.704. The van der Waals surface area contributed by atoms with Crippen molar-refractivity contribution in [1.29, 1.82) is 0 Å². The Bertz CT molecular complexity index is 382. The van der Waals surface area contributed by atoms with Crippen molar-refractivity contribution in [3.05, 3.63) is 22.4 Å². The van der Waals surface area contributed by atoms with Crippen molar-refractivity contribution in [3.63, 3.8) is 0 Å². The van der Waals surface area contributed by atoms with E-state index in [4.69, 9.17) is 23.2 Å². The Morgan fingerprint density at radius 3 is 2.40 bits per heavy atom. The molecule has 0 spiro atoms. The van der Waals surface area contributed by atoms with Gasteiger partial charge in [0.1, 0.15) is 5.15 Å². The molecule has 0 N–H and O–H groups in total. The van der Waals surface area contributed by atoms with Gasteiger partial charge < -0.3 is 4.90 Å². The van der Waals surface area contributed by atoms with Crippen LogP contribution in [0.2, 0.25) is 10.2 Å². The summed E-state index contributed by atoms with van der Waals surface area (Å²) < 4.78 is 0. The third kappa shape index (κ3) is 1.60. The van der Waals surface area contributed by atoms with Crippen LogP contribution in [0.15, 0.2) is 12.3 Å². The molecule has 3 rings (SSSR count). The minimum absolute atomic E-state index is 0.391. The van der Waals surface area contributed by atoms with E-state index in [1.165, 1.54) is 12.8 Å². The van der Waals surface area contributed by atoms with E-state index in [0.717, 1.165) is 30.6 Å². The summed E-state index contributed by atoms with van der Waals surface area (Å²) in [5.74, 6) is 1.80. The second-order valence-electron chi connectivity index (χ2n) is 4.47. The van der Waals surface area contributed by atoms with Crippen LogP contribution in [0.5, 0.6) is 0 Å². The van der Waals surface area contributed by atoms with Gasteiger partial charge in [-0.05, 0) is 30.7 Å². The molecule has 1 saturated carbocycles. The molecule has 4 heteroatoms. The van der Waals surface area contributed by atoms with Gasteiger partial charge in [-0.3, -0.25) is 0 Å². The molecule has 2 nitrogen and oxygen atoms in total. The molecule has 2 fully saturated rings. The summed E-state index contributed by atoms with van der Waals surface area (Å²) in [4.78, 5) is 6.46. The first-order valence-electron chi connectivity index (χ1n) is 5.30. The van der Waals surface area contributed by atoms with Gasteiger partial charge in [-0.15, -0.1) is 0 Å². The SMILES string of the molecule is Clc1cc(N2C[C@H]3CC[C@H]3C2)cnc1Cl. The molecule has 0 radical (unpaired) electrons. The fourth-order valence-corrected chi connectivity index (χ4v) is 2.82. The molecule has 0 amide bonds. The van der Waals surface area contributed by atoms with E-state index in [0.29, 0.717) is 10.2 Å². The highest BCUT2D eigenvalue weighted by molar-refractivity contribution is 6.41. The second-order valence-corrected chi connectivity index (χ2v) is 5.23. The lowest BCUT2D eigenvalue weighted by Gasteiger charge is -2.27. The molecule has 2 atom stereocenters. The molecule has 1 aromatic heterocycles. The third-order valence-corrected chi connectivity index (χ3v) is 4.32. The number of fused-ring (bicyclic) bond motifs is 1. The van der Waals surface area contributed by atoms with Crippen molar-refractivity contribution < 1.29 is 0 Å². The fraction of sp³-hybridized carbons (Fsp3) is 0.545. The Morgan fingerprint density at radius 1 is 1.20 bits per heavy atom. The van der Waals surface area contributed by atoms with Crippen molar-refractivity contribution in [3.8, 4) is 0 Å². The first-order chi connectivity index (χ1) is 7.24. The van der Waals surface area contributed by atoms with Crippen molar-refractivity contribution in [1.82, 2.24) is 4.98 Å². The summed E-state index contributed by atoms with van der Waals surface area (Å²) >= 11 is 11.8. The molecule has 1 aliphatic carbocycles. The highest BCUT2D eigenvalue weighted by atomic mass is 35.5. The molecule has 80 valence electrons. The summed E-state index contributed by atoms with van der Waals surface area (Å²) in [7, 11) is 0. The predicted octanol–water partition coefficient (Wildman–Crippen LogP) is 3.23. The molecular weight excluding hydrogens is 231 g/mol. The molecule has 1 aliphatic heterocycles. The molecule has 1 saturated heterocycles. The van der Waals surface area contributed by atoms with E-state index in [1.807, 2.05) is 12.3 Å². The van der Waals surface area contributed by atoms with Crippen LogP contribution in [-0.2, 0) is 0 Å². The zero-order valence-electron chi connectivity index (χ0n) is 8.29. The predicted molar refractivity (Wildman–Crippen MR) is 62.7 cm³/mol. The summed E-state index contributed by atoms with van der Waals surface area (Å²) in [6, 6.07) is 1.92. The maximum Gasteiger partial charge on any atom is 0.147 e. The normalized spacial score (nSPS) is 28.8. The molecule has 1 aromatic rings. The number of hydrogen-bond donors (Lipinski definition) is 0. The first-order valence-corrected chi connectivity index (χ1v) is 6.05. The Labute approximate surface area is 99.2 Å². The van der Waals surface area contributed by atoms with E-state index in [9.17, 15) is 0 Å². The number of hydrogen-bond acceptors (Lipinski definition) is 2. The van der Waals surface area contributed by atoms with Crippen molar-refractivity contribution >= 4 is 28.9 Å². The van der Waals surface area contributed by atoms with Gasteiger partial charge in [0.25, 0.3) is 0 Å². The number of anilines is 1. The number of pyridine rings is 1. The summed E-state index contributed by atoms with van der Waals surface area (Å²) in [5.41, 5.74) is 1.11. The molecule has 2 aliphatic rings. The molecule has 0 unspecified atom stereocenters. The van der Waals surface area contributed by atoms with E-state index in [1.54, 1.807) is 0 Å². The largest absolute Gasteiger partial charge is 0.370 e. The van der Waals surface area contributed by atoms with E-state index >= 15 is 0 Å². The first kappa shape index (κ1) is 9.73. The maximum absolute atomic E-state index is 5.96. The zero-order chi connectivity index (χ0) is 10.4. The lowest BCUT2D eigenvalue weighted by atomic mass is 9.77. The number of rotatable bonds is 1. The number of nitrogens with zero attached hydrogens (tertiary/aromatic N) is 2. The minimum Gasteiger partial charge on any atom is -0.370 e. The Hall–Kier alpha value is -0.470. The van der Waals surface area contributed by atoms with E-state index in [2.05, 4.69) is 9.88 Å². The van der Waals surface area contributed by atoms with Gasteiger partial charge >= 0.3 is 0 Å². The van der Waals surface area contributed by atoms with Crippen LogP contribution < -0.4 is 4.90 Å². The van der Waals surface area contributed by atoms with Crippen LogP contribution >= 0.6 is 23.2 Å². The van der Waals surface area contributed by atoms with E-state index in [-0.39, 0.29) is 0 Å². The molecular formula is C11H12Cl2N2. The van der Waals surface area contributed by atoms with Gasteiger partial charge in [-0.25, -0.2) is 4.98 Å².